The highest BCUT2D eigenvalue weighted by molar-refractivity contribution is 7.89. The maximum absolute atomic E-state index is 12.2. The predicted molar refractivity (Wildman–Crippen MR) is 86.0 cm³/mol. The van der Waals surface area contributed by atoms with Gasteiger partial charge in [-0.25, -0.2) is 13.1 Å². The van der Waals surface area contributed by atoms with Crippen LogP contribution in [-0.2, 0) is 10.0 Å². The smallest absolute Gasteiger partial charge is 0.240 e. The molecule has 1 aliphatic rings. The molecular weight excluding hydrogens is 335 g/mol. The Balaban J connectivity index is 0.00000220. The number of methoxy groups -OCH3 is 1. The maximum Gasteiger partial charge on any atom is 0.240 e. The molecule has 1 atom stereocenters. The van der Waals surface area contributed by atoms with Gasteiger partial charge < -0.3 is 10.1 Å². The van der Waals surface area contributed by atoms with E-state index in [1.807, 2.05) is 0 Å². The normalized spacial score (nSPS) is 18.9. The van der Waals surface area contributed by atoms with Crippen LogP contribution in [0.1, 0.15) is 12.8 Å². The minimum atomic E-state index is -3.52. The van der Waals surface area contributed by atoms with Gasteiger partial charge in [0.1, 0.15) is 5.75 Å². The average molecular weight is 355 g/mol. The lowest BCUT2D eigenvalue weighted by Gasteiger charge is -2.22. The molecular formula is C13H20Cl2N2O3S. The Labute approximate surface area is 136 Å². The van der Waals surface area contributed by atoms with E-state index in [9.17, 15) is 8.42 Å². The lowest BCUT2D eigenvalue weighted by atomic mass is 10.0. The van der Waals surface area contributed by atoms with E-state index in [2.05, 4.69) is 10.0 Å². The first kappa shape index (κ1) is 18.5. The van der Waals surface area contributed by atoms with E-state index in [0.717, 1.165) is 25.9 Å². The molecule has 8 heteroatoms. The zero-order valence-electron chi connectivity index (χ0n) is 11.8. The number of sulfonamides is 1. The standard InChI is InChI=1S/C13H19ClN2O3S.ClH/c1-19-13-5-4-11(7-12(13)14)20(17,18)16-9-10-3-2-6-15-8-10;/h4-5,7,10,15-16H,2-3,6,8-9H2,1H3;1H. The van der Waals surface area contributed by atoms with Crippen molar-refractivity contribution in [1.82, 2.24) is 10.0 Å². The van der Waals surface area contributed by atoms with Gasteiger partial charge in [-0.1, -0.05) is 11.6 Å². The summed E-state index contributed by atoms with van der Waals surface area (Å²) in [6.07, 6.45) is 2.12. The maximum atomic E-state index is 12.2. The summed E-state index contributed by atoms with van der Waals surface area (Å²) >= 11 is 5.96. The summed E-state index contributed by atoms with van der Waals surface area (Å²) in [4.78, 5) is 0.159. The molecule has 2 rings (SSSR count). The fourth-order valence-corrected chi connectivity index (χ4v) is 3.69. The van der Waals surface area contributed by atoms with Crippen LogP contribution >= 0.6 is 24.0 Å². The second-order valence-corrected chi connectivity index (χ2v) is 7.03. The van der Waals surface area contributed by atoms with E-state index in [1.54, 1.807) is 6.07 Å². The molecule has 1 aliphatic heterocycles. The summed E-state index contributed by atoms with van der Waals surface area (Å²) in [5.74, 6) is 0.800. The summed E-state index contributed by atoms with van der Waals surface area (Å²) in [7, 11) is -2.04. The van der Waals surface area contributed by atoms with E-state index in [4.69, 9.17) is 16.3 Å². The average Bonchev–Trinajstić information content (AvgIpc) is 2.46. The minimum absolute atomic E-state index is 0. The van der Waals surface area contributed by atoms with Gasteiger partial charge in [-0.3, -0.25) is 0 Å². The first-order chi connectivity index (χ1) is 9.53. The number of nitrogens with one attached hydrogen (secondary N) is 2. The van der Waals surface area contributed by atoms with Crippen LogP contribution in [0.25, 0.3) is 0 Å². The van der Waals surface area contributed by atoms with Gasteiger partial charge in [0.15, 0.2) is 0 Å². The Morgan fingerprint density at radius 1 is 1.48 bits per heavy atom. The van der Waals surface area contributed by atoms with Crippen LogP contribution in [-0.4, -0.2) is 35.2 Å². The van der Waals surface area contributed by atoms with Crippen LogP contribution in [0.15, 0.2) is 23.1 Å². The molecule has 0 radical (unpaired) electrons. The van der Waals surface area contributed by atoms with Crippen molar-refractivity contribution in [2.75, 3.05) is 26.7 Å². The van der Waals surface area contributed by atoms with Crippen LogP contribution in [0.4, 0.5) is 0 Å². The Morgan fingerprint density at radius 3 is 2.81 bits per heavy atom. The van der Waals surface area contributed by atoms with E-state index in [1.165, 1.54) is 19.2 Å². The van der Waals surface area contributed by atoms with Gasteiger partial charge in [0.2, 0.25) is 10.0 Å². The van der Waals surface area contributed by atoms with Crippen molar-refractivity contribution in [2.24, 2.45) is 5.92 Å². The molecule has 0 amide bonds. The molecule has 0 bridgehead atoms. The number of piperidine rings is 1. The molecule has 1 unspecified atom stereocenters. The van der Waals surface area contributed by atoms with Crippen LogP contribution in [0.3, 0.4) is 0 Å². The molecule has 5 nitrogen and oxygen atoms in total. The second kappa shape index (κ2) is 8.19. The quantitative estimate of drug-likeness (QED) is 0.848. The van der Waals surface area contributed by atoms with Crippen molar-refractivity contribution in [2.45, 2.75) is 17.7 Å². The van der Waals surface area contributed by atoms with E-state index in [0.29, 0.717) is 18.2 Å². The number of halogens is 2. The molecule has 2 N–H and O–H groups in total. The molecule has 1 fully saturated rings. The van der Waals surface area contributed by atoms with E-state index in [-0.39, 0.29) is 22.3 Å². The van der Waals surface area contributed by atoms with Gasteiger partial charge in [0, 0.05) is 6.54 Å². The number of benzene rings is 1. The summed E-state index contributed by atoms with van der Waals surface area (Å²) < 4.78 is 32.0. The first-order valence-corrected chi connectivity index (χ1v) is 8.43. The van der Waals surface area contributed by atoms with Crippen molar-refractivity contribution in [1.29, 1.82) is 0 Å². The molecule has 120 valence electrons. The van der Waals surface area contributed by atoms with Crippen LogP contribution in [0.2, 0.25) is 5.02 Å². The Kier molecular flexibility index (Phi) is 7.23. The topological polar surface area (TPSA) is 67.4 Å². The molecule has 1 aromatic carbocycles. The van der Waals surface area contributed by atoms with Gasteiger partial charge in [-0.15, -0.1) is 12.4 Å². The molecule has 1 aromatic rings. The number of rotatable bonds is 5. The van der Waals surface area contributed by atoms with Crippen molar-refractivity contribution in [3.63, 3.8) is 0 Å². The monoisotopic (exact) mass is 354 g/mol. The molecule has 0 spiro atoms. The molecule has 21 heavy (non-hydrogen) atoms. The summed E-state index contributed by atoms with van der Waals surface area (Å²) in [5, 5.41) is 3.55. The zero-order chi connectivity index (χ0) is 14.6. The minimum Gasteiger partial charge on any atom is -0.495 e. The SMILES string of the molecule is COc1ccc(S(=O)(=O)NCC2CCCNC2)cc1Cl.Cl. The lowest BCUT2D eigenvalue weighted by molar-refractivity contribution is 0.376. The number of ether oxygens (including phenoxy) is 1. The molecule has 1 saturated heterocycles. The zero-order valence-corrected chi connectivity index (χ0v) is 14.2. The highest BCUT2D eigenvalue weighted by atomic mass is 35.5. The third-order valence-corrected chi connectivity index (χ3v) is 5.11. The largest absolute Gasteiger partial charge is 0.495 e. The third kappa shape index (κ3) is 5.00. The van der Waals surface area contributed by atoms with Gasteiger partial charge in [0.25, 0.3) is 0 Å². The third-order valence-electron chi connectivity index (χ3n) is 3.39. The Hall–Kier alpha value is -0.530. The number of hydrogen-bond acceptors (Lipinski definition) is 4. The predicted octanol–water partition coefficient (Wildman–Crippen LogP) is 2.05. The molecule has 0 aliphatic carbocycles. The van der Waals surface area contributed by atoms with Gasteiger partial charge >= 0.3 is 0 Å². The molecule has 1 heterocycles. The van der Waals surface area contributed by atoms with Crippen LogP contribution in [0.5, 0.6) is 5.75 Å². The van der Waals surface area contributed by atoms with E-state index >= 15 is 0 Å². The Bertz CT molecular complexity index is 561. The fraction of sp³-hybridized carbons (Fsp3) is 0.538. The molecule has 0 saturated carbocycles. The number of hydrogen-bond donors (Lipinski definition) is 2. The van der Waals surface area contributed by atoms with E-state index < -0.39 is 10.0 Å². The van der Waals surface area contributed by atoms with Crippen molar-refractivity contribution in [3.05, 3.63) is 23.2 Å². The highest BCUT2D eigenvalue weighted by Crippen LogP contribution is 2.26. The summed E-state index contributed by atoms with van der Waals surface area (Å²) in [5.41, 5.74) is 0. The second-order valence-electron chi connectivity index (χ2n) is 4.86. The first-order valence-electron chi connectivity index (χ1n) is 6.57. The lowest BCUT2D eigenvalue weighted by Crippen LogP contribution is -2.38. The van der Waals surface area contributed by atoms with Crippen LogP contribution in [0, 0.1) is 5.92 Å². The van der Waals surface area contributed by atoms with Gasteiger partial charge in [0.05, 0.1) is 17.0 Å². The summed E-state index contributed by atoms with van der Waals surface area (Å²) in [6, 6.07) is 4.45. The highest BCUT2D eigenvalue weighted by Gasteiger charge is 2.19. The summed E-state index contributed by atoms with van der Waals surface area (Å²) in [6.45, 7) is 2.31. The van der Waals surface area contributed by atoms with Crippen molar-refractivity contribution >= 4 is 34.0 Å². The van der Waals surface area contributed by atoms with Gasteiger partial charge in [-0.05, 0) is 50.0 Å². The Morgan fingerprint density at radius 2 is 2.24 bits per heavy atom. The van der Waals surface area contributed by atoms with Gasteiger partial charge in [-0.2, -0.15) is 0 Å². The van der Waals surface area contributed by atoms with Crippen LogP contribution < -0.4 is 14.8 Å². The van der Waals surface area contributed by atoms with Crippen molar-refractivity contribution < 1.29 is 13.2 Å². The molecule has 0 aromatic heterocycles. The fourth-order valence-electron chi connectivity index (χ4n) is 2.22. The van der Waals surface area contributed by atoms with Crippen molar-refractivity contribution in [3.8, 4) is 5.75 Å².